The molecule has 0 atom stereocenters. The first-order valence-electron chi connectivity index (χ1n) is 6.53. The van der Waals surface area contributed by atoms with E-state index in [9.17, 15) is 14.4 Å². The molecule has 8 heteroatoms. The summed E-state index contributed by atoms with van der Waals surface area (Å²) in [4.78, 5) is 33.7. The van der Waals surface area contributed by atoms with Crippen molar-refractivity contribution in [3.63, 3.8) is 0 Å². The summed E-state index contributed by atoms with van der Waals surface area (Å²) < 4.78 is 5.01. The van der Waals surface area contributed by atoms with Crippen LogP contribution in [0.25, 0.3) is 0 Å². The lowest BCUT2D eigenvalue weighted by Crippen LogP contribution is -2.37. The molecular formula is C15H13N3O5. The molecule has 1 heterocycles. The summed E-state index contributed by atoms with van der Waals surface area (Å²) in [6.45, 7) is 0.0968. The fraction of sp³-hybridized carbons (Fsp3) is 0.0667. The SMILES string of the molecule is O=C(NCc1ccco1)C(=O)N/N=C/c1ccc(C(=O)O)cc1. The Balaban J connectivity index is 1.80. The molecule has 0 aliphatic carbocycles. The molecule has 0 unspecified atom stereocenters. The molecule has 2 amide bonds. The molecule has 1 aromatic heterocycles. The lowest BCUT2D eigenvalue weighted by Gasteiger charge is -2.01. The third kappa shape index (κ3) is 4.81. The van der Waals surface area contributed by atoms with Crippen LogP contribution in [-0.2, 0) is 16.1 Å². The van der Waals surface area contributed by atoms with Crippen LogP contribution in [0.3, 0.4) is 0 Å². The number of benzene rings is 1. The number of aromatic carboxylic acids is 1. The van der Waals surface area contributed by atoms with Gasteiger partial charge in [-0.3, -0.25) is 9.59 Å². The lowest BCUT2D eigenvalue weighted by molar-refractivity contribution is -0.139. The monoisotopic (exact) mass is 315 g/mol. The van der Waals surface area contributed by atoms with Crippen molar-refractivity contribution in [3.05, 3.63) is 59.5 Å². The zero-order chi connectivity index (χ0) is 16.7. The second kappa shape index (κ2) is 7.55. The summed E-state index contributed by atoms with van der Waals surface area (Å²) >= 11 is 0. The molecule has 0 aliphatic rings. The van der Waals surface area contributed by atoms with E-state index in [1.807, 2.05) is 0 Å². The van der Waals surface area contributed by atoms with Gasteiger partial charge in [-0.1, -0.05) is 12.1 Å². The molecule has 0 fully saturated rings. The number of carbonyl (C=O) groups is 3. The van der Waals surface area contributed by atoms with E-state index in [1.54, 1.807) is 12.1 Å². The maximum atomic E-state index is 11.5. The summed E-state index contributed by atoms with van der Waals surface area (Å²) in [7, 11) is 0. The topological polar surface area (TPSA) is 121 Å². The second-order valence-corrected chi connectivity index (χ2v) is 4.39. The third-order valence-corrected chi connectivity index (χ3v) is 2.75. The summed E-state index contributed by atoms with van der Waals surface area (Å²) in [6.07, 6.45) is 2.75. The number of furan rings is 1. The highest BCUT2D eigenvalue weighted by Crippen LogP contribution is 2.02. The van der Waals surface area contributed by atoms with Gasteiger partial charge in [0.2, 0.25) is 0 Å². The molecule has 0 bridgehead atoms. The minimum Gasteiger partial charge on any atom is -0.478 e. The number of hydrogen-bond acceptors (Lipinski definition) is 5. The molecule has 118 valence electrons. The van der Waals surface area contributed by atoms with Crippen LogP contribution in [0.15, 0.2) is 52.2 Å². The number of carbonyl (C=O) groups excluding carboxylic acids is 2. The Morgan fingerprint density at radius 2 is 1.87 bits per heavy atom. The average Bonchev–Trinajstić information content (AvgIpc) is 3.06. The van der Waals surface area contributed by atoms with E-state index >= 15 is 0 Å². The molecule has 2 aromatic rings. The van der Waals surface area contributed by atoms with Gasteiger partial charge in [-0.25, -0.2) is 10.2 Å². The van der Waals surface area contributed by atoms with Crippen LogP contribution in [0.2, 0.25) is 0 Å². The van der Waals surface area contributed by atoms with Gasteiger partial charge in [-0.05, 0) is 29.8 Å². The maximum absolute atomic E-state index is 11.5. The van der Waals surface area contributed by atoms with Crippen molar-refractivity contribution in [2.75, 3.05) is 0 Å². The average molecular weight is 315 g/mol. The standard InChI is InChI=1S/C15H13N3O5/c19-13(16-9-12-2-1-7-23-12)14(20)18-17-8-10-3-5-11(6-4-10)15(21)22/h1-8H,9H2,(H,16,19)(H,18,20)(H,21,22)/b17-8+. The molecule has 23 heavy (non-hydrogen) atoms. The Morgan fingerprint density at radius 1 is 1.13 bits per heavy atom. The summed E-state index contributed by atoms with van der Waals surface area (Å²) in [5, 5.41) is 14.8. The van der Waals surface area contributed by atoms with Gasteiger partial charge in [0.1, 0.15) is 5.76 Å². The molecule has 0 aliphatic heterocycles. The van der Waals surface area contributed by atoms with Crippen LogP contribution in [0.4, 0.5) is 0 Å². The number of rotatable bonds is 5. The van der Waals surface area contributed by atoms with Gasteiger partial charge in [-0.15, -0.1) is 0 Å². The van der Waals surface area contributed by atoms with Crippen LogP contribution in [0.5, 0.6) is 0 Å². The number of carboxylic acid groups (broad SMARTS) is 1. The number of amides is 2. The van der Waals surface area contributed by atoms with Crippen LogP contribution in [0.1, 0.15) is 21.7 Å². The Hall–Kier alpha value is -3.42. The highest BCUT2D eigenvalue weighted by molar-refractivity contribution is 6.35. The largest absolute Gasteiger partial charge is 0.478 e. The highest BCUT2D eigenvalue weighted by Gasteiger charge is 2.12. The van der Waals surface area contributed by atoms with Crippen LogP contribution < -0.4 is 10.7 Å². The first kappa shape index (κ1) is 16.0. The Labute approximate surface area is 130 Å². The van der Waals surface area contributed by atoms with Crippen molar-refractivity contribution in [1.82, 2.24) is 10.7 Å². The van der Waals surface area contributed by atoms with Crippen molar-refractivity contribution in [1.29, 1.82) is 0 Å². The third-order valence-electron chi connectivity index (χ3n) is 2.75. The zero-order valence-corrected chi connectivity index (χ0v) is 11.9. The van der Waals surface area contributed by atoms with E-state index in [0.717, 1.165) is 0 Å². The maximum Gasteiger partial charge on any atom is 0.335 e. The summed E-state index contributed by atoms with van der Waals surface area (Å²) in [5.74, 6) is -2.28. The second-order valence-electron chi connectivity index (χ2n) is 4.39. The quantitative estimate of drug-likeness (QED) is 0.427. The van der Waals surface area contributed by atoms with E-state index in [4.69, 9.17) is 9.52 Å². The number of nitrogens with one attached hydrogen (secondary N) is 2. The zero-order valence-electron chi connectivity index (χ0n) is 11.9. The first-order valence-corrected chi connectivity index (χ1v) is 6.53. The molecule has 0 saturated heterocycles. The molecule has 3 N–H and O–H groups in total. The van der Waals surface area contributed by atoms with Crippen LogP contribution >= 0.6 is 0 Å². The lowest BCUT2D eigenvalue weighted by atomic mass is 10.1. The number of carboxylic acids is 1. The molecule has 1 aromatic carbocycles. The van der Waals surface area contributed by atoms with Gasteiger partial charge in [0.25, 0.3) is 0 Å². The molecule has 0 radical (unpaired) electrons. The minimum absolute atomic E-state index is 0.0968. The first-order chi connectivity index (χ1) is 11.1. The van der Waals surface area contributed by atoms with E-state index in [-0.39, 0.29) is 12.1 Å². The molecule has 8 nitrogen and oxygen atoms in total. The van der Waals surface area contributed by atoms with E-state index < -0.39 is 17.8 Å². The number of hydrazone groups is 1. The Morgan fingerprint density at radius 3 is 2.48 bits per heavy atom. The minimum atomic E-state index is -1.03. The molecule has 2 rings (SSSR count). The van der Waals surface area contributed by atoms with Crippen LogP contribution in [0, 0.1) is 0 Å². The Bertz CT molecular complexity index is 720. The fourth-order valence-electron chi connectivity index (χ4n) is 1.59. The van der Waals surface area contributed by atoms with E-state index in [2.05, 4.69) is 15.8 Å². The van der Waals surface area contributed by atoms with Crippen molar-refractivity contribution in [3.8, 4) is 0 Å². The van der Waals surface area contributed by atoms with Crippen molar-refractivity contribution >= 4 is 24.0 Å². The van der Waals surface area contributed by atoms with Gasteiger partial charge < -0.3 is 14.8 Å². The molecule has 0 spiro atoms. The number of hydrogen-bond donors (Lipinski definition) is 3. The predicted octanol–water partition coefficient (Wildman–Crippen LogP) is 0.744. The van der Waals surface area contributed by atoms with Crippen LogP contribution in [-0.4, -0.2) is 29.1 Å². The molecular weight excluding hydrogens is 302 g/mol. The van der Waals surface area contributed by atoms with Gasteiger partial charge >= 0.3 is 17.8 Å². The van der Waals surface area contributed by atoms with E-state index in [0.29, 0.717) is 11.3 Å². The summed E-state index contributed by atoms with van der Waals surface area (Å²) in [5.41, 5.74) is 2.79. The van der Waals surface area contributed by atoms with Gasteiger partial charge in [0.15, 0.2) is 0 Å². The number of nitrogens with zero attached hydrogens (tertiary/aromatic N) is 1. The summed E-state index contributed by atoms with van der Waals surface area (Å²) in [6, 6.07) is 9.19. The van der Waals surface area contributed by atoms with Crippen molar-refractivity contribution in [2.45, 2.75) is 6.54 Å². The van der Waals surface area contributed by atoms with Crippen molar-refractivity contribution in [2.24, 2.45) is 5.10 Å². The van der Waals surface area contributed by atoms with Gasteiger partial charge in [0, 0.05) is 0 Å². The van der Waals surface area contributed by atoms with Gasteiger partial charge in [-0.2, -0.15) is 5.10 Å². The smallest absolute Gasteiger partial charge is 0.335 e. The van der Waals surface area contributed by atoms with Crippen molar-refractivity contribution < 1.29 is 23.9 Å². The van der Waals surface area contributed by atoms with E-state index in [1.165, 1.54) is 36.7 Å². The normalized spacial score (nSPS) is 10.4. The van der Waals surface area contributed by atoms with Gasteiger partial charge in [0.05, 0.1) is 24.6 Å². The highest BCUT2D eigenvalue weighted by atomic mass is 16.4. The molecule has 0 saturated carbocycles. The Kier molecular flexibility index (Phi) is 5.24. The fourth-order valence-corrected chi connectivity index (χ4v) is 1.59. The predicted molar refractivity (Wildman–Crippen MR) is 79.7 cm³/mol.